The summed E-state index contributed by atoms with van der Waals surface area (Å²) in [5.41, 5.74) is 1.07. The third-order valence-electron chi connectivity index (χ3n) is 2.87. The first kappa shape index (κ1) is 18.7. The first-order chi connectivity index (χ1) is 10.2. The molecule has 0 saturated heterocycles. The second-order valence-corrected chi connectivity index (χ2v) is 4.97. The molecule has 0 unspecified atom stereocenters. The van der Waals surface area contributed by atoms with Crippen molar-refractivity contribution in [1.82, 2.24) is 25.4 Å². The second-order valence-electron chi connectivity index (χ2n) is 4.54. The Labute approximate surface area is 152 Å². The lowest BCUT2D eigenvalue weighted by Gasteiger charge is -2.10. The fraction of sp³-hybridized carbons (Fsp3) is 0.357. The lowest BCUT2D eigenvalue weighted by atomic mass is 10.2. The van der Waals surface area contributed by atoms with Crippen LogP contribution in [-0.2, 0) is 20.1 Å². The average molecular weight is 435 g/mol. The highest BCUT2D eigenvalue weighted by molar-refractivity contribution is 14.0. The van der Waals surface area contributed by atoms with E-state index in [1.54, 1.807) is 6.33 Å². The normalized spacial score (nSPS) is 11.0. The Morgan fingerprint density at radius 1 is 1.36 bits per heavy atom. The standard InChI is InChI=1S/C14H19ClN6.HI/c1-3-16-14(18-9-13-20-19-10-21(13)2)17-8-11-5-4-6-12(15)7-11;/h4-7,10H,3,8-9H2,1-2H3,(H2,16,17,18);1H. The van der Waals surface area contributed by atoms with Crippen LogP contribution in [0.1, 0.15) is 18.3 Å². The summed E-state index contributed by atoms with van der Waals surface area (Å²) in [7, 11) is 1.91. The summed E-state index contributed by atoms with van der Waals surface area (Å²) < 4.78 is 1.87. The van der Waals surface area contributed by atoms with Gasteiger partial charge in [-0.3, -0.25) is 0 Å². The Bertz CT molecular complexity index is 613. The van der Waals surface area contributed by atoms with Gasteiger partial charge in [-0.2, -0.15) is 0 Å². The molecule has 0 aliphatic heterocycles. The van der Waals surface area contributed by atoms with Crippen LogP contribution in [-0.4, -0.2) is 27.3 Å². The van der Waals surface area contributed by atoms with Gasteiger partial charge in [-0.25, -0.2) is 4.99 Å². The maximum absolute atomic E-state index is 5.97. The summed E-state index contributed by atoms with van der Waals surface area (Å²) in [4.78, 5) is 4.53. The third kappa shape index (κ3) is 5.80. The molecule has 0 aliphatic carbocycles. The number of hydrogen-bond donors (Lipinski definition) is 2. The molecule has 0 saturated carbocycles. The van der Waals surface area contributed by atoms with E-state index < -0.39 is 0 Å². The molecule has 0 spiro atoms. The maximum Gasteiger partial charge on any atom is 0.191 e. The number of hydrogen-bond acceptors (Lipinski definition) is 3. The molecule has 2 rings (SSSR count). The van der Waals surface area contributed by atoms with Gasteiger partial charge in [0, 0.05) is 18.6 Å². The molecule has 0 fully saturated rings. The smallest absolute Gasteiger partial charge is 0.191 e. The molecule has 0 radical (unpaired) electrons. The molecule has 1 aromatic heterocycles. The Morgan fingerprint density at radius 2 is 2.18 bits per heavy atom. The SMILES string of the molecule is CCNC(=NCc1cccc(Cl)c1)NCc1nncn1C.I. The van der Waals surface area contributed by atoms with Crippen molar-refractivity contribution < 1.29 is 0 Å². The number of rotatable bonds is 5. The van der Waals surface area contributed by atoms with Crippen LogP contribution in [0.5, 0.6) is 0 Å². The van der Waals surface area contributed by atoms with Crippen molar-refractivity contribution in [2.75, 3.05) is 6.54 Å². The molecule has 120 valence electrons. The number of nitrogens with zero attached hydrogens (tertiary/aromatic N) is 4. The van der Waals surface area contributed by atoms with Crippen LogP contribution in [0.4, 0.5) is 0 Å². The molecular weight excluding hydrogens is 415 g/mol. The fourth-order valence-corrected chi connectivity index (χ4v) is 1.99. The number of aliphatic imine (C=N–C) groups is 1. The van der Waals surface area contributed by atoms with Gasteiger partial charge < -0.3 is 15.2 Å². The monoisotopic (exact) mass is 434 g/mol. The molecule has 0 aliphatic rings. The summed E-state index contributed by atoms with van der Waals surface area (Å²) in [5, 5.41) is 15.0. The largest absolute Gasteiger partial charge is 0.357 e. The highest BCUT2D eigenvalue weighted by atomic mass is 127. The molecule has 0 bridgehead atoms. The Kier molecular flexibility index (Phi) is 8.18. The molecule has 1 heterocycles. The number of benzene rings is 1. The first-order valence-electron chi connectivity index (χ1n) is 6.78. The number of aromatic nitrogens is 3. The van der Waals surface area contributed by atoms with Crippen LogP contribution < -0.4 is 10.6 Å². The van der Waals surface area contributed by atoms with Crippen LogP contribution in [0.15, 0.2) is 35.6 Å². The van der Waals surface area contributed by atoms with E-state index in [1.165, 1.54) is 0 Å². The molecule has 22 heavy (non-hydrogen) atoms. The lowest BCUT2D eigenvalue weighted by Crippen LogP contribution is -2.37. The van der Waals surface area contributed by atoms with E-state index in [9.17, 15) is 0 Å². The van der Waals surface area contributed by atoms with Crippen molar-refractivity contribution in [3.63, 3.8) is 0 Å². The van der Waals surface area contributed by atoms with Crippen molar-refractivity contribution in [3.05, 3.63) is 47.0 Å². The minimum Gasteiger partial charge on any atom is -0.357 e. The number of nitrogens with one attached hydrogen (secondary N) is 2. The molecular formula is C14H20ClIN6. The van der Waals surface area contributed by atoms with Gasteiger partial charge in [0.25, 0.3) is 0 Å². The van der Waals surface area contributed by atoms with Crippen molar-refractivity contribution in [2.24, 2.45) is 12.0 Å². The first-order valence-corrected chi connectivity index (χ1v) is 7.16. The minimum absolute atomic E-state index is 0. The van der Waals surface area contributed by atoms with Gasteiger partial charge in [-0.15, -0.1) is 34.2 Å². The van der Waals surface area contributed by atoms with Crippen molar-refractivity contribution >= 4 is 41.5 Å². The lowest BCUT2D eigenvalue weighted by molar-refractivity contribution is 0.726. The molecule has 8 heteroatoms. The van der Waals surface area contributed by atoms with Crippen molar-refractivity contribution in [3.8, 4) is 0 Å². The zero-order valence-corrected chi connectivity index (χ0v) is 15.7. The Morgan fingerprint density at radius 3 is 2.82 bits per heavy atom. The van der Waals surface area contributed by atoms with Gasteiger partial charge in [0.05, 0.1) is 13.1 Å². The van der Waals surface area contributed by atoms with E-state index in [0.29, 0.717) is 13.1 Å². The molecule has 2 aromatic rings. The number of aryl methyl sites for hydroxylation is 1. The highest BCUT2D eigenvalue weighted by Gasteiger charge is 2.02. The van der Waals surface area contributed by atoms with Crippen LogP contribution in [0.25, 0.3) is 0 Å². The van der Waals surface area contributed by atoms with Crippen LogP contribution in [0.3, 0.4) is 0 Å². The summed E-state index contributed by atoms with van der Waals surface area (Å²) in [6, 6.07) is 7.69. The summed E-state index contributed by atoms with van der Waals surface area (Å²) >= 11 is 5.97. The van der Waals surface area contributed by atoms with Gasteiger partial charge in [0.1, 0.15) is 6.33 Å². The van der Waals surface area contributed by atoms with E-state index in [-0.39, 0.29) is 24.0 Å². The van der Waals surface area contributed by atoms with Crippen LogP contribution in [0, 0.1) is 0 Å². The molecule has 0 amide bonds. The van der Waals surface area contributed by atoms with Gasteiger partial charge in [-0.1, -0.05) is 23.7 Å². The zero-order valence-electron chi connectivity index (χ0n) is 12.6. The number of guanidine groups is 1. The van der Waals surface area contributed by atoms with Crippen molar-refractivity contribution in [1.29, 1.82) is 0 Å². The average Bonchev–Trinajstić information content (AvgIpc) is 2.87. The van der Waals surface area contributed by atoms with E-state index >= 15 is 0 Å². The molecule has 1 aromatic carbocycles. The molecule has 2 N–H and O–H groups in total. The molecule has 0 atom stereocenters. The third-order valence-corrected chi connectivity index (χ3v) is 3.11. The zero-order chi connectivity index (χ0) is 15.1. The summed E-state index contributed by atoms with van der Waals surface area (Å²) in [6.07, 6.45) is 1.67. The van der Waals surface area contributed by atoms with E-state index in [1.807, 2.05) is 42.8 Å². The minimum atomic E-state index is 0. The Hall–Kier alpha value is -1.35. The predicted octanol–water partition coefficient (Wildman–Crippen LogP) is 2.34. The van der Waals surface area contributed by atoms with Gasteiger partial charge >= 0.3 is 0 Å². The topological polar surface area (TPSA) is 67.1 Å². The van der Waals surface area contributed by atoms with E-state index in [4.69, 9.17) is 11.6 Å². The molecule has 6 nitrogen and oxygen atoms in total. The van der Waals surface area contributed by atoms with Gasteiger partial charge in [0.2, 0.25) is 0 Å². The predicted molar refractivity (Wildman–Crippen MR) is 99.5 cm³/mol. The van der Waals surface area contributed by atoms with Crippen LogP contribution in [0.2, 0.25) is 5.02 Å². The van der Waals surface area contributed by atoms with E-state index in [0.717, 1.165) is 28.9 Å². The van der Waals surface area contributed by atoms with Crippen molar-refractivity contribution in [2.45, 2.75) is 20.0 Å². The second kappa shape index (κ2) is 9.62. The van der Waals surface area contributed by atoms with E-state index in [2.05, 4.69) is 25.8 Å². The van der Waals surface area contributed by atoms with Gasteiger partial charge in [-0.05, 0) is 24.6 Å². The maximum atomic E-state index is 5.97. The Balaban J connectivity index is 0.00000242. The fourth-order valence-electron chi connectivity index (χ4n) is 1.78. The quantitative estimate of drug-likeness (QED) is 0.431. The summed E-state index contributed by atoms with van der Waals surface area (Å²) in [6.45, 7) is 3.95. The highest BCUT2D eigenvalue weighted by Crippen LogP contribution is 2.11. The summed E-state index contributed by atoms with van der Waals surface area (Å²) in [5.74, 6) is 1.59. The van der Waals surface area contributed by atoms with Gasteiger partial charge in [0.15, 0.2) is 11.8 Å². The number of halogens is 2. The van der Waals surface area contributed by atoms with Crippen LogP contribution >= 0.6 is 35.6 Å².